The van der Waals surface area contributed by atoms with E-state index in [2.05, 4.69) is 26.2 Å². The fraction of sp³-hybridized carbons (Fsp3) is 0.786. The molecule has 1 aromatic heterocycles. The third-order valence-corrected chi connectivity index (χ3v) is 4.83. The number of ether oxygens (including phenoxy) is 1. The molecule has 0 aromatic carbocycles. The summed E-state index contributed by atoms with van der Waals surface area (Å²) in [6.07, 6.45) is 4.43. The number of hydrogen-bond donors (Lipinski definition) is 1. The molecule has 0 spiro atoms. The first-order valence-corrected chi connectivity index (χ1v) is 7.51. The number of nitrogens with two attached hydrogens (primary N) is 1. The van der Waals surface area contributed by atoms with Crippen LogP contribution in [0.5, 0.6) is 0 Å². The van der Waals surface area contributed by atoms with Gasteiger partial charge >= 0.3 is 0 Å². The number of nitrogens with zero attached hydrogens (tertiary/aromatic N) is 1. The molecule has 1 aromatic rings. The van der Waals surface area contributed by atoms with Crippen LogP contribution in [0.25, 0.3) is 0 Å². The summed E-state index contributed by atoms with van der Waals surface area (Å²) in [7, 11) is 1.78. The Balaban J connectivity index is 2.22. The van der Waals surface area contributed by atoms with Crippen molar-refractivity contribution >= 4 is 11.3 Å². The molecule has 0 bridgehead atoms. The SMILES string of the molecule is COC1CCCC(N)(c2nc(C(C)(C)C)cs2)C1. The number of thiazole rings is 1. The highest BCUT2D eigenvalue weighted by molar-refractivity contribution is 7.09. The van der Waals surface area contributed by atoms with Crippen LogP contribution in [0.1, 0.15) is 57.2 Å². The van der Waals surface area contributed by atoms with Crippen molar-refractivity contribution in [3.05, 3.63) is 16.1 Å². The predicted molar refractivity (Wildman–Crippen MR) is 75.9 cm³/mol. The topological polar surface area (TPSA) is 48.1 Å². The Kier molecular flexibility index (Phi) is 3.81. The molecule has 1 aliphatic carbocycles. The molecule has 1 fully saturated rings. The van der Waals surface area contributed by atoms with E-state index in [9.17, 15) is 0 Å². The minimum Gasteiger partial charge on any atom is -0.381 e. The molecule has 1 saturated carbocycles. The first-order valence-electron chi connectivity index (χ1n) is 6.63. The van der Waals surface area contributed by atoms with Crippen LogP contribution in [-0.4, -0.2) is 18.2 Å². The molecule has 2 rings (SSSR count). The zero-order valence-electron chi connectivity index (χ0n) is 11.8. The number of hydrogen-bond acceptors (Lipinski definition) is 4. The van der Waals surface area contributed by atoms with Gasteiger partial charge in [0.25, 0.3) is 0 Å². The maximum atomic E-state index is 6.57. The maximum Gasteiger partial charge on any atom is 0.113 e. The van der Waals surface area contributed by atoms with Gasteiger partial charge in [0, 0.05) is 17.9 Å². The largest absolute Gasteiger partial charge is 0.381 e. The van der Waals surface area contributed by atoms with Gasteiger partial charge in [-0.3, -0.25) is 0 Å². The Hall–Kier alpha value is -0.450. The van der Waals surface area contributed by atoms with E-state index >= 15 is 0 Å². The van der Waals surface area contributed by atoms with Gasteiger partial charge in [-0.2, -0.15) is 0 Å². The Morgan fingerprint density at radius 1 is 1.50 bits per heavy atom. The summed E-state index contributed by atoms with van der Waals surface area (Å²) in [6, 6.07) is 0. The third kappa shape index (κ3) is 2.76. The molecule has 2 N–H and O–H groups in total. The highest BCUT2D eigenvalue weighted by Crippen LogP contribution is 2.38. The van der Waals surface area contributed by atoms with Crippen LogP contribution in [0.15, 0.2) is 5.38 Å². The van der Waals surface area contributed by atoms with Crippen molar-refractivity contribution in [2.45, 2.75) is 63.5 Å². The average Bonchev–Trinajstić information content (AvgIpc) is 2.78. The molecule has 102 valence electrons. The Labute approximate surface area is 114 Å². The molecular formula is C14H24N2OS. The second-order valence-corrected chi connectivity index (χ2v) is 7.26. The number of rotatable bonds is 2. The summed E-state index contributed by atoms with van der Waals surface area (Å²) >= 11 is 1.70. The lowest BCUT2D eigenvalue weighted by atomic mass is 9.81. The first kappa shape index (κ1) is 14.0. The molecule has 0 radical (unpaired) electrons. The van der Waals surface area contributed by atoms with Crippen molar-refractivity contribution in [2.24, 2.45) is 5.73 Å². The van der Waals surface area contributed by atoms with E-state index in [-0.39, 0.29) is 17.1 Å². The average molecular weight is 268 g/mol. The standard InChI is InChI=1S/C14H24N2OS/c1-13(2,3)11-9-18-12(16-11)14(15)7-5-6-10(8-14)17-4/h9-10H,5-8,15H2,1-4H3. The summed E-state index contributed by atoms with van der Waals surface area (Å²) < 4.78 is 5.48. The second-order valence-electron chi connectivity index (χ2n) is 6.40. The van der Waals surface area contributed by atoms with Gasteiger partial charge in [-0.1, -0.05) is 20.8 Å². The van der Waals surface area contributed by atoms with Gasteiger partial charge in [0.1, 0.15) is 5.01 Å². The molecule has 0 aliphatic heterocycles. The lowest BCUT2D eigenvalue weighted by Crippen LogP contribution is -2.43. The van der Waals surface area contributed by atoms with Crippen LogP contribution in [0.3, 0.4) is 0 Å². The lowest BCUT2D eigenvalue weighted by Gasteiger charge is -2.35. The highest BCUT2D eigenvalue weighted by Gasteiger charge is 2.37. The van der Waals surface area contributed by atoms with E-state index in [1.54, 1.807) is 18.4 Å². The van der Waals surface area contributed by atoms with Gasteiger partial charge in [0.15, 0.2) is 0 Å². The first-order chi connectivity index (χ1) is 8.35. The molecule has 2 atom stereocenters. The van der Waals surface area contributed by atoms with Gasteiger partial charge in [-0.05, 0) is 25.7 Å². The molecular weight excluding hydrogens is 244 g/mol. The molecule has 2 unspecified atom stereocenters. The highest BCUT2D eigenvalue weighted by atomic mass is 32.1. The Morgan fingerprint density at radius 2 is 2.22 bits per heavy atom. The molecule has 4 heteroatoms. The molecule has 3 nitrogen and oxygen atoms in total. The lowest BCUT2D eigenvalue weighted by molar-refractivity contribution is 0.0405. The van der Waals surface area contributed by atoms with E-state index in [1.165, 1.54) is 0 Å². The smallest absolute Gasteiger partial charge is 0.113 e. The van der Waals surface area contributed by atoms with Crippen LogP contribution in [0.4, 0.5) is 0 Å². The zero-order valence-corrected chi connectivity index (χ0v) is 12.6. The van der Waals surface area contributed by atoms with E-state index in [0.29, 0.717) is 0 Å². The zero-order chi connectivity index (χ0) is 13.4. The minimum absolute atomic E-state index is 0.0977. The fourth-order valence-corrected chi connectivity index (χ4v) is 3.70. The fourth-order valence-electron chi connectivity index (χ4n) is 2.50. The van der Waals surface area contributed by atoms with E-state index in [1.807, 2.05) is 0 Å². The third-order valence-electron chi connectivity index (χ3n) is 3.77. The second kappa shape index (κ2) is 4.91. The quantitative estimate of drug-likeness (QED) is 0.896. The molecule has 0 amide bonds. The summed E-state index contributed by atoms with van der Waals surface area (Å²) in [6.45, 7) is 6.57. The van der Waals surface area contributed by atoms with Crippen LogP contribution in [0, 0.1) is 0 Å². The van der Waals surface area contributed by atoms with Gasteiger partial charge in [0.05, 0.1) is 17.3 Å². The van der Waals surface area contributed by atoms with Gasteiger partial charge in [-0.25, -0.2) is 4.98 Å². The van der Waals surface area contributed by atoms with Crippen molar-refractivity contribution in [1.82, 2.24) is 4.98 Å². The normalized spacial score (nSPS) is 29.5. The van der Waals surface area contributed by atoms with Crippen molar-refractivity contribution in [3.63, 3.8) is 0 Å². The maximum absolute atomic E-state index is 6.57. The Morgan fingerprint density at radius 3 is 2.78 bits per heavy atom. The summed E-state index contributed by atoms with van der Waals surface area (Å²) in [5.41, 5.74) is 7.53. The monoisotopic (exact) mass is 268 g/mol. The predicted octanol–water partition coefficient (Wildman–Crippen LogP) is 3.18. The molecule has 1 aliphatic rings. The number of aromatic nitrogens is 1. The van der Waals surface area contributed by atoms with Crippen molar-refractivity contribution in [3.8, 4) is 0 Å². The van der Waals surface area contributed by atoms with Crippen LogP contribution in [0.2, 0.25) is 0 Å². The van der Waals surface area contributed by atoms with E-state index in [4.69, 9.17) is 15.5 Å². The summed E-state index contributed by atoms with van der Waals surface area (Å²) in [4.78, 5) is 4.78. The van der Waals surface area contributed by atoms with Gasteiger partial charge in [0.2, 0.25) is 0 Å². The number of methoxy groups -OCH3 is 1. The molecule has 1 heterocycles. The van der Waals surface area contributed by atoms with Gasteiger partial charge < -0.3 is 10.5 Å². The van der Waals surface area contributed by atoms with Crippen molar-refractivity contribution in [1.29, 1.82) is 0 Å². The van der Waals surface area contributed by atoms with E-state index in [0.717, 1.165) is 36.4 Å². The summed E-state index contributed by atoms with van der Waals surface area (Å²) in [5.74, 6) is 0. The molecule has 0 saturated heterocycles. The van der Waals surface area contributed by atoms with Crippen LogP contribution >= 0.6 is 11.3 Å². The van der Waals surface area contributed by atoms with Crippen LogP contribution < -0.4 is 5.73 Å². The minimum atomic E-state index is -0.285. The Bertz CT molecular complexity index is 410. The molecule has 18 heavy (non-hydrogen) atoms. The van der Waals surface area contributed by atoms with Crippen molar-refractivity contribution in [2.75, 3.05) is 7.11 Å². The summed E-state index contributed by atoms with van der Waals surface area (Å²) in [5, 5.41) is 3.23. The van der Waals surface area contributed by atoms with E-state index < -0.39 is 0 Å². The van der Waals surface area contributed by atoms with Crippen molar-refractivity contribution < 1.29 is 4.74 Å². The van der Waals surface area contributed by atoms with Gasteiger partial charge in [-0.15, -0.1) is 11.3 Å². The van der Waals surface area contributed by atoms with Crippen LogP contribution in [-0.2, 0) is 15.7 Å².